The molecule has 106 valence electrons. The van der Waals surface area contributed by atoms with Crippen LogP contribution in [0, 0.1) is 0 Å². The lowest BCUT2D eigenvalue weighted by Gasteiger charge is -2.17. The van der Waals surface area contributed by atoms with Gasteiger partial charge in [-0.15, -0.1) is 11.3 Å². The van der Waals surface area contributed by atoms with Gasteiger partial charge in [0.1, 0.15) is 0 Å². The topological polar surface area (TPSA) is 15.3 Å². The van der Waals surface area contributed by atoms with E-state index in [0.717, 1.165) is 19.5 Å². The van der Waals surface area contributed by atoms with Crippen LogP contribution in [0.25, 0.3) is 0 Å². The Labute approximate surface area is 125 Å². The summed E-state index contributed by atoms with van der Waals surface area (Å²) in [6.07, 6.45) is 3.81. The summed E-state index contributed by atoms with van der Waals surface area (Å²) in [7, 11) is 0. The highest BCUT2D eigenvalue weighted by atomic mass is 32.1. The van der Waals surface area contributed by atoms with Gasteiger partial charge < -0.3 is 10.2 Å². The summed E-state index contributed by atoms with van der Waals surface area (Å²) in [6.45, 7) is 4.46. The highest BCUT2D eigenvalue weighted by Crippen LogP contribution is 2.20. The molecule has 0 bridgehead atoms. The Kier molecular flexibility index (Phi) is 4.72. The SMILES string of the molecule is c1csc(CCNCc2ccc(N3CCCC3)cc2)c1. The van der Waals surface area contributed by atoms with E-state index in [-0.39, 0.29) is 0 Å². The Morgan fingerprint density at radius 3 is 2.55 bits per heavy atom. The molecule has 0 saturated carbocycles. The predicted molar refractivity (Wildman–Crippen MR) is 87.6 cm³/mol. The molecule has 0 aliphatic carbocycles. The highest BCUT2D eigenvalue weighted by molar-refractivity contribution is 7.09. The Bertz CT molecular complexity index is 498. The van der Waals surface area contributed by atoms with Crippen LogP contribution in [-0.2, 0) is 13.0 Å². The maximum atomic E-state index is 3.52. The fraction of sp³-hybridized carbons (Fsp3) is 0.412. The second kappa shape index (κ2) is 6.91. The number of hydrogen-bond donors (Lipinski definition) is 1. The van der Waals surface area contributed by atoms with Crippen molar-refractivity contribution in [1.29, 1.82) is 0 Å². The molecular weight excluding hydrogens is 264 g/mol. The Hall–Kier alpha value is -1.32. The van der Waals surface area contributed by atoms with E-state index in [0.29, 0.717) is 0 Å². The zero-order valence-corrected chi connectivity index (χ0v) is 12.7. The third-order valence-electron chi connectivity index (χ3n) is 3.86. The minimum atomic E-state index is 0.964. The number of nitrogens with zero attached hydrogens (tertiary/aromatic N) is 1. The van der Waals surface area contributed by atoms with Crippen molar-refractivity contribution >= 4 is 17.0 Å². The summed E-state index contributed by atoms with van der Waals surface area (Å²) in [4.78, 5) is 3.94. The maximum absolute atomic E-state index is 3.52. The molecule has 2 nitrogen and oxygen atoms in total. The molecule has 1 saturated heterocycles. The van der Waals surface area contributed by atoms with Gasteiger partial charge in [-0.2, -0.15) is 0 Å². The lowest BCUT2D eigenvalue weighted by Crippen LogP contribution is -2.18. The van der Waals surface area contributed by atoms with Crippen molar-refractivity contribution in [3.05, 3.63) is 52.2 Å². The van der Waals surface area contributed by atoms with Crippen LogP contribution in [0.4, 0.5) is 5.69 Å². The summed E-state index contributed by atoms with van der Waals surface area (Å²) in [5.74, 6) is 0. The molecule has 1 aliphatic heterocycles. The Morgan fingerprint density at radius 1 is 1.05 bits per heavy atom. The van der Waals surface area contributed by atoms with E-state index in [1.165, 1.54) is 42.1 Å². The predicted octanol–water partition coefficient (Wildman–Crippen LogP) is 3.68. The van der Waals surface area contributed by atoms with Crippen LogP contribution in [0.2, 0.25) is 0 Å². The van der Waals surface area contributed by atoms with Gasteiger partial charge in [0, 0.05) is 36.7 Å². The molecule has 0 spiro atoms. The zero-order valence-electron chi connectivity index (χ0n) is 11.8. The van der Waals surface area contributed by atoms with E-state index in [1.54, 1.807) is 0 Å². The van der Waals surface area contributed by atoms with Crippen molar-refractivity contribution < 1.29 is 0 Å². The lowest BCUT2D eigenvalue weighted by atomic mass is 10.2. The first-order valence-electron chi connectivity index (χ1n) is 7.49. The maximum Gasteiger partial charge on any atom is 0.0366 e. The summed E-state index contributed by atoms with van der Waals surface area (Å²) >= 11 is 1.84. The molecule has 0 unspecified atom stereocenters. The van der Waals surface area contributed by atoms with Gasteiger partial charge in [-0.3, -0.25) is 0 Å². The molecule has 2 aromatic rings. The van der Waals surface area contributed by atoms with Crippen molar-refractivity contribution in [2.45, 2.75) is 25.8 Å². The van der Waals surface area contributed by atoms with Crippen LogP contribution < -0.4 is 10.2 Å². The van der Waals surface area contributed by atoms with Crippen LogP contribution in [-0.4, -0.2) is 19.6 Å². The van der Waals surface area contributed by atoms with Gasteiger partial charge in [0.05, 0.1) is 0 Å². The van der Waals surface area contributed by atoms with Gasteiger partial charge in [-0.1, -0.05) is 18.2 Å². The molecule has 0 amide bonds. The number of rotatable bonds is 6. The number of thiophene rings is 1. The van der Waals surface area contributed by atoms with Crippen LogP contribution >= 0.6 is 11.3 Å². The molecular formula is C17H22N2S. The average Bonchev–Trinajstić information content (AvgIpc) is 3.17. The molecule has 0 atom stereocenters. The fourth-order valence-corrected chi connectivity index (χ4v) is 3.41. The van der Waals surface area contributed by atoms with Gasteiger partial charge in [0.2, 0.25) is 0 Å². The minimum Gasteiger partial charge on any atom is -0.372 e. The van der Waals surface area contributed by atoms with E-state index in [1.807, 2.05) is 11.3 Å². The number of benzene rings is 1. The Morgan fingerprint density at radius 2 is 1.85 bits per heavy atom. The summed E-state index contributed by atoms with van der Waals surface area (Å²) < 4.78 is 0. The second-order valence-electron chi connectivity index (χ2n) is 5.37. The molecule has 3 rings (SSSR count). The summed E-state index contributed by atoms with van der Waals surface area (Å²) in [6, 6.07) is 13.4. The molecule has 1 fully saturated rings. The van der Waals surface area contributed by atoms with Crippen molar-refractivity contribution in [3.63, 3.8) is 0 Å². The highest BCUT2D eigenvalue weighted by Gasteiger charge is 2.11. The number of nitrogens with one attached hydrogen (secondary N) is 1. The first kappa shape index (κ1) is 13.7. The quantitative estimate of drug-likeness (QED) is 0.815. The normalized spacial score (nSPS) is 14.9. The van der Waals surface area contributed by atoms with Crippen LogP contribution in [0.1, 0.15) is 23.3 Å². The van der Waals surface area contributed by atoms with Crippen molar-refractivity contribution in [1.82, 2.24) is 5.32 Å². The third-order valence-corrected chi connectivity index (χ3v) is 4.80. The van der Waals surface area contributed by atoms with E-state index in [4.69, 9.17) is 0 Å². The first-order valence-corrected chi connectivity index (χ1v) is 8.37. The second-order valence-corrected chi connectivity index (χ2v) is 6.40. The lowest BCUT2D eigenvalue weighted by molar-refractivity contribution is 0.690. The minimum absolute atomic E-state index is 0.964. The molecule has 0 radical (unpaired) electrons. The molecule has 1 N–H and O–H groups in total. The number of hydrogen-bond acceptors (Lipinski definition) is 3. The third kappa shape index (κ3) is 3.62. The molecule has 20 heavy (non-hydrogen) atoms. The standard InChI is InChI=1S/C17H22N2S/c1-2-12-19(11-1)16-7-5-15(6-8-16)14-18-10-9-17-4-3-13-20-17/h3-8,13,18H,1-2,9-12,14H2. The van der Waals surface area contributed by atoms with Crippen LogP contribution in [0.15, 0.2) is 41.8 Å². The van der Waals surface area contributed by atoms with Crippen molar-refractivity contribution in [2.24, 2.45) is 0 Å². The van der Waals surface area contributed by atoms with E-state index >= 15 is 0 Å². The molecule has 1 aliphatic rings. The summed E-state index contributed by atoms with van der Waals surface area (Å²) in [5, 5.41) is 5.67. The van der Waals surface area contributed by atoms with E-state index in [2.05, 4.69) is 52.0 Å². The largest absolute Gasteiger partial charge is 0.372 e. The average molecular weight is 286 g/mol. The van der Waals surface area contributed by atoms with Gasteiger partial charge in [-0.05, 0) is 48.4 Å². The van der Waals surface area contributed by atoms with Crippen molar-refractivity contribution in [3.8, 4) is 0 Å². The fourth-order valence-electron chi connectivity index (χ4n) is 2.70. The van der Waals surface area contributed by atoms with E-state index < -0.39 is 0 Å². The van der Waals surface area contributed by atoms with Gasteiger partial charge in [-0.25, -0.2) is 0 Å². The molecule has 1 aromatic heterocycles. The summed E-state index contributed by atoms with van der Waals surface area (Å²) in [5.41, 5.74) is 2.75. The molecule has 1 aromatic carbocycles. The van der Waals surface area contributed by atoms with Crippen molar-refractivity contribution in [2.75, 3.05) is 24.5 Å². The van der Waals surface area contributed by atoms with E-state index in [9.17, 15) is 0 Å². The molecule has 2 heterocycles. The van der Waals surface area contributed by atoms with Crippen LogP contribution in [0.3, 0.4) is 0 Å². The Balaban J connectivity index is 1.43. The van der Waals surface area contributed by atoms with Gasteiger partial charge in [0.25, 0.3) is 0 Å². The first-order chi connectivity index (χ1) is 9.92. The van der Waals surface area contributed by atoms with Gasteiger partial charge >= 0.3 is 0 Å². The number of anilines is 1. The smallest absolute Gasteiger partial charge is 0.0366 e. The molecule has 3 heteroatoms. The monoisotopic (exact) mass is 286 g/mol. The zero-order chi connectivity index (χ0) is 13.6. The van der Waals surface area contributed by atoms with Crippen LogP contribution in [0.5, 0.6) is 0 Å². The van der Waals surface area contributed by atoms with Gasteiger partial charge in [0.15, 0.2) is 0 Å².